The van der Waals surface area contributed by atoms with Gasteiger partial charge in [0.15, 0.2) is 11.6 Å². The molecule has 1 aliphatic carbocycles. The van der Waals surface area contributed by atoms with E-state index in [0.29, 0.717) is 29.5 Å². The van der Waals surface area contributed by atoms with Gasteiger partial charge in [0, 0.05) is 23.2 Å². The molecule has 1 fully saturated rings. The third-order valence-corrected chi connectivity index (χ3v) is 7.05. The summed E-state index contributed by atoms with van der Waals surface area (Å²) in [5.74, 6) is 6.41. The van der Waals surface area contributed by atoms with Crippen molar-refractivity contribution in [1.82, 2.24) is 19.6 Å². The molecule has 0 unspecified atom stereocenters. The van der Waals surface area contributed by atoms with Crippen molar-refractivity contribution in [2.24, 2.45) is 5.41 Å². The predicted molar refractivity (Wildman–Crippen MR) is 124 cm³/mol. The molecule has 6 rings (SSSR count). The molecule has 0 amide bonds. The van der Waals surface area contributed by atoms with Crippen molar-refractivity contribution >= 4 is 28.2 Å². The fourth-order valence-corrected chi connectivity index (χ4v) is 4.87. The van der Waals surface area contributed by atoms with Gasteiger partial charge >= 0.3 is 0 Å². The number of anilines is 2. The standard InChI is InChI=1S/C26H23F2N5/c1-3-26(13-14-26)12-11-17-6-4-8-20-18(17)7-5-15-32(20)24-22-21(10-9-19(27)23(22)28)33-16(2)30-31-25(33)29-24/h4,6,8-10H,3,5,7,13-15H2,1-2H3. The lowest BCUT2D eigenvalue weighted by atomic mass is 9.95. The first-order valence-corrected chi connectivity index (χ1v) is 11.4. The van der Waals surface area contributed by atoms with E-state index in [2.05, 4.69) is 40.0 Å². The smallest absolute Gasteiger partial charge is 0.257 e. The Bertz CT molecular complexity index is 1490. The van der Waals surface area contributed by atoms with Crippen LogP contribution in [-0.4, -0.2) is 26.1 Å². The number of fused-ring (bicyclic) bond motifs is 4. The highest BCUT2D eigenvalue weighted by Crippen LogP contribution is 2.48. The van der Waals surface area contributed by atoms with Crippen LogP contribution in [0.4, 0.5) is 20.3 Å². The maximum Gasteiger partial charge on any atom is 0.257 e. The van der Waals surface area contributed by atoms with Crippen LogP contribution in [0.3, 0.4) is 0 Å². The molecule has 0 atom stereocenters. The molecule has 0 N–H and O–H groups in total. The van der Waals surface area contributed by atoms with E-state index in [4.69, 9.17) is 0 Å². The van der Waals surface area contributed by atoms with Crippen molar-refractivity contribution in [3.8, 4) is 11.8 Å². The van der Waals surface area contributed by atoms with Gasteiger partial charge in [-0.15, -0.1) is 10.2 Å². The first-order valence-electron chi connectivity index (χ1n) is 11.4. The number of benzene rings is 2. The molecular weight excluding hydrogens is 420 g/mol. The lowest BCUT2D eigenvalue weighted by Crippen LogP contribution is -2.26. The summed E-state index contributed by atoms with van der Waals surface area (Å²) in [6, 6.07) is 8.74. The maximum atomic E-state index is 15.2. The Kier molecular flexibility index (Phi) is 4.41. The minimum absolute atomic E-state index is 0.137. The van der Waals surface area contributed by atoms with Gasteiger partial charge in [-0.1, -0.05) is 24.8 Å². The summed E-state index contributed by atoms with van der Waals surface area (Å²) in [6.45, 7) is 4.60. The summed E-state index contributed by atoms with van der Waals surface area (Å²) in [6.07, 6.45) is 5.14. The average Bonchev–Trinajstić information content (AvgIpc) is 3.53. The van der Waals surface area contributed by atoms with Gasteiger partial charge in [0.1, 0.15) is 11.6 Å². The van der Waals surface area contributed by atoms with Crippen molar-refractivity contribution in [3.63, 3.8) is 0 Å². The Morgan fingerprint density at radius 3 is 2.76 bits per heavy atom. The van der Waals surface area contributed by atoms with Crippen LogP contribution in [0.25, 0.3) is 16.7 Å². The molecule has 166 valence electrons. The normalized spacial score (nSPS) is 16.5. The van der Waals surface area contributed by atoms with Crippen LogP contribution >= 0.6 is 0 Å². The number of aryl methyl sites for hydroxylation is 1. The van der Waals surface area contributed by atoms with Crippen molar-refractivity contribution in [3.05, 3.63) is 58.9 Å². The molecule has 3 heterocycles. The van der Waals surface area contributed by atoms with Crippen LogP contribution in [0.1, 0.15) is 49.6 Å². The molecule has 4 aromatic rings. The van der Waals surface area contributed by atoms with E-state index in [1.807, 2.05) is 17.0 Å². The molecule has 0 radical (unpaired) electrons. The molecule has 0 spiro atoms. The number of hydrogen-bond donors (Lipinski definition) is 0. The number of rotatable bonds is 2. The summed E-state index contributed by atoms with van der Waals surface area (Å²) in [4.78, 5) is 6.64. The fourth-order valence-electron chi connectivity index (χ4n) is 4.87. The second-order valence-corrected chi connectivity index (χ2v) is 9.02. The van der Waals surface area contributed by atoms with Gasteiger partial charge in [-0.25, -0.2) is 8.78 Å². The minimum atomic E-state index is -0.910. The summed E-state index contributed by atoms with van der Waals surface area (Å²) < 4.78 is 31.2. The van der Waals surface area contributed by atoms with E-state index >= 15 is 4.39 Å². The van der Waals surface area contributed by atoms with Gasteiger partial charge in [0.25, 0.3) is 5.78 Å². The van der Waals surface area contributed by atoms with Gasteiger partial charge in [-0.3, -0.25) is 4.40 Å². The van der Waals surface area contributed by atoms with E-state index in [-0.39, 0.29) is 10.8 Å². The van der Waals surface area contributed by atoms with Crippen LogP contribution in [0.15, 0.2) is 30.3 Å². The zero-order valence-corrected chi connectivity index (χ0v) is 18.6. The van der Waals surface area contributed by atoms with Crippen LogP contribution in [0, 0.1) is 35.8 Å². The van der Waals surface area contributed by atoms with Gasteiger partial charge in [-0.2, -0.15) is 4.98 Å². The SMILES string of the molecule is CCC1(C#Cc2cccc3c2CCCN3c2nc3nnc(C)n3c3ccc(F)c(F)c23)CC1. The molecule has 2 aromatic carbocycles. The molecule has 33 heavy (non-hydrogen) atoms. The van der Waals surface area contributed by atoms with E-state index < -0.39 is 11.6 Å². The average molecular weight is 444 g/mol. The quantitative estimate of drug-likeness (QED) is 0.385. The number of nitrogens with zero attached hydrogens (tertiary/aromatic N) is 5. The topological polar surface area (TPSA) is 46.3 Å². The summed E-state index contributed by atoms with van der Waals surface area (Å²) in [7, 11) is 0. The molecule has 1 saturated carbocycles. The second kappa shape index (κ2) is 7.24. The highest BCUT2D eigenvalue weighted by molar-refractivity contribution is 5.94. The van der Waals surface area contributed by atoms with Gasteiger partial charge in [0.05, 0.1) is 10.9 Å². The van der Waals surface area contributed by atoms with Crippen LogP contribution in [-0.2, 0) is 6.42 Å². The fraction of sp³-hybridized carbons (Fsp3) is 0.346. The summed E-state index contributed by atoms with van der Waals surface area (Å²) in [5.41, 5.74) is 3.75. The van der Waals surface area contributed by atoms with Gasteiger partial charge < -0.3 is 4.90 Å². The Hall–Kier alpha value is -3.53. The third kappa shape index (κ3) is 3.08. The van der Waals surface area contributed by atoms with E-state index in [1.165, 1.54) is 0 Å². The van der Waals surface area contributed by atoms with E-state index in [0.717, 1.165) is 55.0 Å². The molecule has 2 aromatic heterocycles. The van der Waals surface area contributed by atoms with E-state index in [9.17, 15) is 4.39 Å². The largest absolute Gasteiger partial charge is 0.325 e. The Morgan fingerprint density at radius 2 is 1.97 bits per heavy atom. The number of halogens is 2. The highest BCUT2D eigenvalue weighted by Gasteiger charge is 2.39. The molecular formula is C26H23F2N5. The number of aromatic nitrogens is 4. The third-order valence-electron chi connectivity index (χ3n) is 7.05. The molecule has 1 aliphatic heterocycles. The monoisotopic (exact) mass is 443 g/mol. The summed E-state index contributed by atoms with van der Waals surface area (Å²) in [5, 5.41) is 8.40. The summed E-state index contributed by atoms with van der Waals surface area (Å²) >= 11 is 0. The lowest BCUT2D eigenvalue weighted by molar-refractivity contribution is 0.516. The first kappa shape index (κ1) is 20.1. The maximum absolute atomic E-state index is 15.2. The van der Waals surface area contributed by atoms with E-state index in [1.54, 1.807) is 17.4 Å². The first-order chi connectivity index (χ1) is 16.0. The molecule has 5 nitrogen and oxygen atoms in total. The molecule has 0 saturated heterocycles. The Balaban J connectivity index is 1.57. The van der Waals surface area contributed by atoms with Gasteiger partial charge in [-0.05, 0) is 68.9 Å². The predicted octanol–water partition coefficient (Wildman–Crippen LogP) is 5.49. The zero-order valence-electron chi connectivity index (χ0n) is 18.6. The van der Waals surface area contributed by atoms with Crippen LogP contribution in [0.2, 0.25) is 0 Å². The molecule has 7 heteroatoms. The van der Waals surface area contributed by atoms with Crippen molar-refractivity contribution < 1.29 is 8.78 Å². The molecule has 0 bridgehead atoms. The highest BCUT2D eigenvalue weighted by atomic mass is 19.2. The zero-order chi connectivity index (χ0) is 22.7. The number of hydrogen-bond acceptors (Lipinski definition) is 4. The Morgan fingerprint density at radius 1 is 1.12 bits per heavy atom. The molecule has 2 aliphatic rings. The second-order valence-electron chi connectivity index (χ2n) is 9.02. The minimum Gasteiger partial charge on any atom is -0.325 e. The lowest BCUT2D eigenvalue weighted by Gasteiger charge is -2.32. The Labute approximate surface area is 190 Å². The van der Waals surface area contributed by atoms with Gasteiger partial charge in [0.2, 0.25) is 0 Å². The van der Waals surface area contributed by atoms with Crippen molar-refractivity contribution in [2.75, 3.05) is 11.4 Å². The van der Waals surface area contributed by atoms with Crippen LogP contribution in [0.5, 0.6) is 0 Å². The van der Waals surface area contributed by atoms with Crippen LogP contribution < -0.4 is 4.90 Å². The van der Waals surface area contributed by atoms with Crippen molar-refractivity contribution in [1.29, 1.82) is 0 Å². The van der Waals surface area contributed by atoms with Crippen molar-refractivity contribution in [2.45, 2.75) is 46.0 Å².